The van der Waals surface area contributed by atoms with Crippen molar-refractivity contribution in [2.45, 2.75) is 123 Å². The quantitative estimate of drug-likeness (QED) is 0.133. The summed E-state index contributed by atoms with van der Waals surface area (Å²) in [7, 11) is 0. The number of ether oxygens (including phenoxy) is 2. The number of hydrogen-bond acceptors (Lipinski definition) is 5. The lowest BCUT2D eigenvalue weighted by molar-refractivity contribution is -0.125. The highest BCUT2D eigenvalue weighted by atomic mass is 16.7. The van der Waals surface area contributed by atoms with Gasteiger partial charge in [0.15, 0.2) is 0 Å². The van der Waals surface area contributed by atoms with E-state index in [1.807, 2.05) is 6.92 Å². The van der Waals surface area contributed by atoms with Crippen LogP contribution in [0.1, 0.15) is 115 Å². The molecule has 4 aromatic rings. The Balaban J connectivity index is 1.50. The van der Waals surface area contributed by atoms with Gasteiger partial charge in [0.05, 0.1) is 0 Å². The summed E-state index contributed by atoms with van der Waals surface area (Å²) in [5.74, 6) is 1.11. The van der Waals surface area contributed by atoms with Crippen molar-refractivity contribution >= 4 is 11.0 Å². The minimum atomic E-state index is -0.694. The van der Waals surface area contributed by atoms with Gasteiger partial charge in [0.1, 0.15) is 22.5 Å². The average molecular weight is 569 g/mol. The smallest absolute Gasteiger partial charge is 0.251 e. The van der Waals surface area contributed by atoms with Crippen LogP contribution in [0.3, 0.4) is 0 Å². The van der Waals surface area contributed by atoms with E-state index >= 15 is 0 Å². The first-order valence-corrected chi connectivity index (χ1v) is 16.4. The molecule has 2 heterocycles. The van der Waals surface area contributed by atoms with Crippen LogP contribution in [0.15, 0.2) is 53.2 Å². The van der Waals surface area contributed by atoms with E-state index in [4.69, 9.17) is 14.1 Å². The average Bonchev–Trinajstić information content (AvgIpc) is 3.44. The summed E-state index contributed by atoms with van der Waals surface area (Å²) in [5, 5.41) is 8.40. The molecule has 42 heavy (non-hydrogen) atoms. The Kier molecular flexibility index (Phi) is 10.2. The molecule has 0 bridgehead atoms. The molecular weight excluding hydrogens is 520 g/mol. The second-order valence-corrected chi connectivity index (χ2v) is 12.3. The Morgan fingerprint density at radius 3 is 1.79 bits per heavy atom. The fraction of sp³-hybridized carbons (Fsp3) is 0.514. The van der Waals surface area contributed by atoms with Gasteiger partial charge in [-0.05, 0) is 71.9 Å². The Bertz CT molecular complexity index is 1440. The Morgan fingerprint density at radius 2 is 1.12 bits per heavy atom. The molecule has 0 atom stereocenters. The molecule has 0 spiro atoms. The molecular formula is C37H48N2O3. The van der Waals surface area contributed by atoms with Crippen LogP contribution in [0.25, 0.3) is 33.3 Å². The van der Waals surface area contributed by atoms with E-state index in [1.165, 1.54) is 69.8 Å². The number of unbranched alkanes of at least 4 members (excludes halogenated alkanes) is 10. The van der Waals surface area contributed by atoms with Gasteiger partial charge in [0.25, 0.3) is 5.79 Å². The summed E-state index contributed by atoms with van der Waals surface area (Å²) in [5.41, 5.74) is 8.02. The van der Waals surface area contributed by atoms with Gasteiger partial charge in [-0.2, -0.15) is 0 Å². The number of hydrogen-bond donors (Lipinski definition) is 0. The van der Waals surface area contributed by atoms with Gasteiger partial charge in [0.2, 0.25) is 0 Å². The summed E-state index contributed by atoms with van der Waals surface area (Å²) >= 11 is 0. The number of benzene rings is 3. The molecule has 0 fully saturated rings. The van der Waals surface area contributed by atoms with Gasteiger partial charge in [-0.15, -0.1) is 0 Å². The SMILES string of the molecule is CCCCCCCCC1(CCCCCCCC)Oc2cc(C)ccc2-c2ccc(-c3ccc(C)c4nonc34)cc2O1. The van der Waals surface area contributed by atoms with Crippen molar-refractivity contribution in [3.8, 4) is 33.8 Å². The van der Waals surface area contributed by atoms with Gasteiger partial charge < -0.3 is 9.47 Å². The van der Waals surface area contributed by atoms with Crippen molar-refractivity contribution < 1.29 is 14.1 Å². The highest BCUT2D eigenvalue weighted by molar-refractivity contribution is 5.94. The largest absolute Gasteiger partial charge is 0.452 e. The lowest BCUT2D eigenvalue weighted by Gasteiger charge is -2.34. The zero-order valence-electron chi connectivity index (χ0n) is 26.1. The fourth-order valence-corrected chi connectivity index (χ4v) is 6.26. The molecule has 0 unspecified atom stereocenters. The van der Waals surface area contributed by atoms with Crippen LogP contribution in [0, 0.1) is 13.8 Å². The van der Waals surface area contributed by atoms with Gasteiger partial charge in [-0.3, -0.25) is 0 Å². The third-order valence-electron chi connectivity index (χ3n) is 8.75. The van der Waals surface area contributed by atoms with Gasteiger partial charge in [-0.1, -0.05) is 108 Å². The number of aryl methyl sites for hydroxylation is 2. The van der Waals surface area contributed by atoms with Gasteiger partial charge in [-0.25, -0.2) is 4.63 Å². The fourth-order valence-electron chi connectivity index (χ4n) is 6.26. The molecule has 0 saturated heterocycles. The maximum absolute atomic E-state index is 7.12. The summed E-state index contributed by atoms with van der Waals surface area (Å²) in [6.45, 7) is 8.71. The van der Waals surface area contributed by atoms with E-state index in [0.717, 1.165) is 76.0 Å². The number of aromatic nitrogens is 2. The first kappa shape index (κ1) is 30.1. The van der Waals surface area contributed by atoms with Crippen LogP contribution >= 0.6 is 0 Å². The van der Waals surface area contributed by atoms with Crippen molar-refractivity contribution in [3.63, 3.8) is 0 Å². The van der Waals surface area contributed by atoms with Gasteiger partial charge >= 0.3 is 0 Å². The van der Waals surface area contributed by atoms with Crippen LogP contribution in [0.2, 0.25) is 0 Å². The van der Waals surface area contributed by atoms with Crippen LogP contribution in [-0.4, -0.2) is 16.1 Å². The predicted octanol–water partition coefficient (Wildman–Crippen LogP) is 11.1. The Labute approximate surface area is 252 Å². The summed E-state index contributed by atoms with van der Waals surface area (Å²) in [6.07, 6.45) is 16.7. The summed E-state index contributed by atoms with van der Waals surface area (Å²) < 4.78 is 19.3. The highest BCUT2D eigenvalue weighted by Crippen LogP contribution is 2.47. The molecule has 5 nitrogen and oxygen atoms in total. The Morgan fingerprint density at radius 1 is 0.571 bits per heavy atom. The molecule has 0 amide bonds. The zero-order valence-corrected chi connectivity index (χ0v) is 26.1. The second kappa shape index (κ2) is 14.2. The lowest BCUT2D eigenvalue weighted by atomic mass is 9.96. The van der Waals surface area contributed by atoms with Crippen molar-refractivity contribution in [2.24, 2.45) is 0 Å². The van der Waals surface area contributed by atoms with E-state index in [2.05, 4.69) is 79.6 Å². The summed E-state index contributed by atoms with van der Waals surface area (Å²) in [6, 6.07) is 17.2. The minimum Gasteiger partial charge on any atom is -0.452 e. The third kappa shape index (κ3) is 6.99. The molecule has 0 saturated carbocycles. The molecule has 1 aliphatic rings. The molecule has 0 aliphatic carbocycles. The van der Waals surface area contributed by atoms with E-state index in [9.17, 15) is 0 Å². The second-order valence-electron chi connectivity index (χ2n) is 12.3. The van der Waals surface area contributed by atoms with Crippen LogP contribution in [-0.2, 0) is 0 Å². The molecule has 224 valence electrons. The standard InChI is InChI=1S/C37H48N2O3/c1-5-7-9-11-13-15-23-37(24-16-14-12-10-8-6-2)40-33-25-27(3)17-20-31(33)32-22-19-29(26-34(32)41-37)30-21-18-28(4)35-36(30)39-42-38-35/h17-22,25-26H,5-16,23-24H2,1-4H3. The zero-order chi connectivity index (χ0) is 29.4. The first-order valence-electron chi connectivity index (χ1n) is 16.4. The summed E-state index contributed by atoms with van der Waals surface area (Å²) in [4.78, 5) is 0. The van der Waals surface area contributed by atoms with Crippen LogP contribution in [0.4, 0.5) is 0 Å². The van der Waals surface area contributed by atoms with Crippen LogP contribution in [0.5, 0.6) is 11.5 Å². The molecule has 5 heteroatoms. The Hall–Kier alpha value is -3.34. The van der Waals surface area contributed by atoms with E-state index < -0.39 is 5.79 Å². The van der Waals surface area contributed by atoms with Crippen molar-refractivity contribution in [2.75, 3.05) is 0 Å². The van der Waals surface area contributed by atoms with Crippen molar-refractivity contribution in [3.05, 3.63) is 59.7 Å². The molecule has 3 aromatic carbocycles. The monoisotopic (exact) mass is 568 g/mol. The van der Waals surface area contributed by atoms with Crippen molar-refractivity contribution in [1.82, 2.24) is 10.3 Å². The number of fused-ring (bicyclic) bond motifs is 4. The lowest BCUT2D eigenvalue weighted by Crippen LogP contribution is -2.42. The molecule has 1 aliphatic heterocycles. The maximum atomic E-state index is 7.12. The molecule has 0 N–H and O–H groups in total. The van der Waals surface area contributed by atoms with Crippen LogP contribution < -0.4 is 9.47 Å². The normalized spacial score (nSPS) is 13.7. The van der Waals surface area contributed by atoms with Crippen molar-refractivity contribution in [1.29, 1.82) is 0 Å². The highest BCUT2D eigenvalue weighted by Gasteiger charge is 2.38. The predicted molar refractivity (Wildman–Crippen MR) is 172 cm³/mol. The molecule has 0 radical (unpaired) electrons. The maximum Gasteiger partial charge on any atom is 0.251 e. The number of nitrogens with zero attached hydrogens (tertiary/aromatic N) is 2. The number of rotatable bonds is 15. The minimum absolute atomic E-state index is 0.694. The molecule has 1 aromatic heterocycles. The van der Waals surface area contributed by atoms with Gasteiger partial charge in [0, 0.05) is 29.5 Å². The van der Waals surface area contributed by atoms with E-state index in [0.29, 0.717) is 0 Å². The third-order valence-corrected chi connectivity index (χ3v) is 8.75. The van der Waals surface area contributed by atoms with E-state index in [-0.39, 0.29) is 0 Å². The molecule has 5 rings (SSSR count). The van der Waals surface area contributed by atoms with E-state index in [1.54, 1.807) is 0 Å². The first-order chi connectivity index (χ1) is 20.5. The topological polar surface area (TPSA) is 57.4 Å².